The third kappa shape index (κ3) is 3.55. The van der Waals surface area contributed by atoms with Crippen molar-refractivity contribution in [3.05, 3.63) is 42.1 Å². The zero-order valence-electron chi connectivity index (χ0n) is 11.5. The van der Waals surface area contributed by atoms with Gasteiger partial charge in [0.25, 0.3) is 5.91 Å². The van der Waals surface area contributed by atoms with Crippen LogP contribution in [0, 0.1) is 22.7 Å². The van der Waals surface area contributed by atoms with Gasteiger partial charge in [0.15, 0.2) is 0 Å². The fourth-order valence-corrected chi connectivity index (χ4v) is 2.03. The second-order valence-corrected chi connectivity index (χ2v) is 4.50. The van der Waals surface area contributed by atoms with Crippen LogP contribution in [0.1, 0.15) is 23.3 Å². The number of benzene rings is 1. The number of hydrogen-bond donors (Lipinski definition) is 0. The molecule has 0 bridgehead atoms. The van der Waals surface area contributed by atoms with Gasteiger partial charge in [-0.25, -0.2) is 4.98 Å². The lowest BCUT2D eigenvalue weighted by atomic mass is 10.2. The summed E-state index contributed by atoms with van der Waals surface area (Å²) in [4.78, 5) is 18.3. The Morgan fingerprint density at radius 2 is 1.71 bits per heavy atom. The predicted molar refractivity (Wildman–Crippen MR) is 78.1 cm³/mol. The highest BCUT2D eigenvalue weighted by molar-refractivity contribution is 5.94. The fraction of sp³-hybridized carbons (Fsp3) is 0.250. The molecule has 2 rings (SSSR count). The van der Waals surface area contributed by atoms with Gasteiger partial charge in [-0.05, 0) is 12.1 Å². The highest BCUT2D eigenvalue weighted by Gasteiger charge is 2.16. The number of nitrogens with zero attached hydrogens (tertiary/aromatic N) is 4. The number of amides is 1. The van der Waals surface area contributed by atoms with Crippen molar-refractivity contribution in [3.8, 4) is 12.1 Å². The standard InChI is InChI=1S/C16H14N4O/c17-9-3-11-20(12-4-10-18)16(21)15-8-7-13-5-1-2-6-14(13)19-15/h1-2,5-8H,3-4,11-12H2. The maximum Gasteiger partial charge on any atom is 0.272 e. The first-order chi connectivity index (χ1) is 10.3. The number of nitriles is 2. The van der Waals surface area contributed by atoms with Gasteiger partial charge in [-0.3, -0.25) is 4.79 Å². The van der Waals surface area contributed by atoms with E-state index in [1.807, 2.05) is 42.5 Å². The topological polar surface area (TPSA) is 80.8 Å². The van der Waals surface area contributed by atoms with Crippen molar-refractivity contribution in [2.45, 2.75) is 12.8 Å². The largest absolute Gasteiger partial charge is 0.335 e. The molecule has 1 amide bonds. The van der Waals surface area contributed by atoms with E-state index >= 15 is 0 Å². The van der Waals surface area contributed by atoms with Crippen molar-refractivity contribution < 1.29 is 4.79 Å². The minimum atomic E-state index is -0.244. The fourth-order valence-electron chi connectivity index (χ4n) is 2.03. The Kier molecular flexibility index (Phi) is 4.84. The first-order valence-electron chi connectivity index (χ1n) is 6.65. The Morgan fingerprint density at radius 1 is 1.05 bits per heavy atom. The molecule has 0 aliphatic carbocycles. The number of aromatic nitrogens is 1. The van der Waals surface area contributed by atoms with E-state index in [9.17, 15) is 4.79 Å². The third-order valence-corrected chi connectivity index (χ3v) is 3.09. The Hall–Kier alpha value is -2.92. The molecule has 2 aromatic rings. The van der Waals surface area contributed by atoms with Crippen LogP contribution in [-0.4, -0.2) is 28.9 Å². The van der Waals surface area contributed by atoms with Gasteiger partial charge in [-0.1, -0.05) is 24.3 Å². The van der Waals surface area contributed by atoms with Crippen LogP contribution in [0.3, 0.4) is 0 Å². The lowest BCUT2D eigenvalue weighted by Gasteiger charge is -2.19. The predicted octanol–water partition coefficient (Wildman–Crippen LogP) is 2.50. The van der Waals surface area contributed by atoms with Gasteiger partial charge < -0.3 is 4.90 Å². The van der Waals surface area contributed by atoms with Gasteiger partial charge in [-0.15, -0.1) is 0 Å². The van der Waals surface area contributed by atoms with Crippen molar-refractivity contribution in [1.82, 2.24) is 9.88 Å². The van der Waals surface area contributed by atoms with Crippen LogP contribution in [0.15, 0.2) is 36.4 Å². The number of para-hydroxylation sites is 1. The molecule has 104 valence electrons. The molecule has 0 saturated carbocycles. The maximum absolute atomic E-state index is 12.4. The van der Waals surface area contributed by atoms with E-state index in [1.54, 1.807) is 6.07 Å². The molecule has 0 radical (unpaired) electrons. The third-order valence-electron chi connectivity index (χ3n) is 3.09. The SMILES string of the molecule is N#CCCN(CCC#N)C(=O)c1ccc2ccccc2n1. The average molecular weight is 278 g/mol. The van der Waals surface area contributed by atoms with E-state index in [0.29, 0.717) is 18.8 Å². The van der Waals surface area contributed by atoms with Crippen LogP contribution in [0.25, 0.3) is 10.9 Å². The van der Waals surface area contributed by atoms with E-state index < -0.39 is 0 Å². The number of carbonyl (C=O) groups is 1. The quantitative estimate of drug-likeness (QED) is 0.841. The van der Waals surface area contributed by atoms with Crippen molar-refractivity contribution in [1.29, 1.82) is 10.5 Å². The zero-order chi connectivity index (χ0) is 15.1. The van der Waals surface area contributed by atoms with Crippen LogP contribution in [0.5, 0.6) is 0 Å². The molecule has 0 spiro atoms. The molecular weight excluding hydrogens is 264 g/mol. The van der Waals surface area contributed by atoms with Crippen molar-refractivity contribution in [2.75, 3.05) is 13.1 Å². The average Bonchev–Trinajstić information content (AvgIpc) is 2.54. The summed E-state index contributed by atoms with van der Waals surface area (Å²) in [5, 5.41) is 18.3. The molecule has 0 N–H and O–H groups in total. The Balaban J connectivity index is 2.25. The summed E-state index contributed by atoms with van der Waals surface area (Å²) in [6.07, 6.45) is 0.482. The molecule has 0 fully saturated rings. The first-order valence-corrected chi connectivity index (χ1v) is 6.65. The lowest BCUT2D eigenvalue weighted by molar-refractivity contribution is 0.0757. The second kappa shape index (κ2) is 7.02. The van der Waals surface area contributed by atoms with Gasteiger partial charge in [0.05, 0.1) is 30.5 Å². The van der Waals surface area contributed by atoms with Crippen molar-refractivity contribution >= 4 is 16.8 Å². The molecule has 0 atom stereocenters. The first kappa shape index (κ1) is 14.5. The van der Waals surface area contributed by atoms with Gasteiger partial charge >= 0.3 is 0 Å². The van der Waals surface area contributed by atoms with Crippen LogP contribution >= 0.6 is 0 Å². The normalized spacial score (nSPS) is 9.81. The monoisotopic (exact) mass is 278 g/mol. The van der Waals surface area contributed by atoms with Crippen molar-refractivity contribution in [3.63, 3.8) is 0 Å². The maximum atomic E-state index is 12.4. The van der Waals surface area contributed by atoms with Gasteiger partial charge in [-0.2, -0.15) is 10.5 Å². The molecule has 5 nitrogen and oxygen atoms in total. The smallest absolute Gasteiger partial charge is 0.272 e. The van der Waals surface area contributed by atoms with E-state index in [1.165, 1.54) is 4.90 Å². The summed E-state index contributed by atoms with van der Waals surface area (Å²) in [6.45, 7) is 0.622. The molecule has 0 unspecified atom stereocenters. The number of carbonyl (C=O) groups excluding carboxylic acids is 1. The summed E-state index contributed by atoms with van der Waals surface area (Å²) in [6, 6.07) is 15.1. The number of pyridine rings is 1. The van der Waals surface area contributed by atoms with Gasteiger partial charge in [0.1, 0.15) is 5.69 Å². The van der Waals surface area contributed by atoms with Gasteiger partial charge in [0.2, 0.25) is 0 Å². The summed E-state index contributed by atoms with van der Waals surface area (Å²) < 4.78 is 0. The Labute approximate surface area is 123 Å². The minimum Gasteiger partial charge on any atom is -0.335 e. The number of rotatable bonds is 5. The highest BCUT2D eigenvalue weighted by atomic mass is 16.2. The second-order valence-electron chi connectivity index (χ2n) is 4.50. The molecule has 1 aromatic carbocycles. The van der Waals surface area contributed by atoms with E-state index in [4.69, 9.17) is 10.5 Å². The summed E-state index contributed by atoms with van der Waals surface area (Å²) >= 11 is 0. The van der Waals surface area contributed by atoms with Crippen molar-refractivity contribution in [2.24, 2.45) is 0 Å². The van der Waals surface area contributed by atoms with Crippen LogP contribution in [-0.2, 0) is 0 Å². The van der Waals surface area contributed by atoms with Gasteiger partial charge in [0, 0.05) is 18.5 Å². The summed E-state index contributed by atoms with van der Waals surface area (Å²) in [5.74, 6) is -0.244. The Morgan fingerprint density at radius 3 is 2.38 bits per heavy atom. The highest BCUT2D eigenvalue weighted by Crippen LogP contribution is 2.13. The van der Waals surface area contributed by atoms with E-state index in [-0.39, 0.29) is 18.7 Å². The summed E-state index contributed by atoms with van der Waals surface area (Å²) in [7, 11) is 0. The molecule has 21 heavy (non-hydrogen) atoms. The lowest BCUT2D eigenvalue weighted by Crippen LogP contribution is -2.33. The number of fused-ring (bicyclic) bond motifs is 1. The molecular formula is C16H14N4O. The zero-order valence-corrected chi connectivity index (χ0v) is 11.5. The minimum absolute atomic E-state index is 0.241. The summed E-state index contributed by atoms with van der Waals surface area (Å²) in [5.41, 5.74) is 1.09. The van der Waals surface area contributed by atoms with E-state index in [2.05, 4.69) is 4.98 Å². The Bertz CT molecular complexity index is 709. The number of hydrogen-bond acceptors (Lipinski definition) is 4. The van der Waals surface area contributed by atoms with Crippen LogP contribution in [0.4, 0.5) is 0 Å². The molecule has 0 saturated heterocycles. The molecule has 0 aliphatic heterocycles. The molecule has 1 aromatic heterocycles. The van der Waals surface area contributed by atoms with Crippen LogP contribution < -0.4 is 0 Å². The molecule has 1 heterocycles. The van der Waals surface area contributed by atoms with Crippen LogP contribution in [0.2, 0.25) is 0 Å². The van der Waals surface area contributed by atoms with E-state index in [0.717, 1.165) is 10.9 Å². The molecule has 5 heteroatoms. The molecule has 0 aliphatic rings.